The number of aromatic nitrogens is 3. The average Bonchev–Trinajstić information content (AvgIpc) is 3.39. The third-order valence-electron chi connectivity index (χ3n) is 6.67. The van der Waals surface area contributed by atoms with Crippen LogP contribution in [-0.2, 0) is 5.41 Å². The number of nitrogens with one attached hydrogen (secondary N) is 4. The topological polar surface area (TPSA) is 122 Å². The molecule has 3 aromatic carbocycles. The van der Waals surface area contributed by atoms with Crippen LogP contribution in [0.25, 0.3) is 16.5 Å². The summed E-state index contributed by atoms with van der Waals surface area (Å²) in [4.78, 5) is 29.4. The standard InChI is InChI=1S/C33H35N7O3/c1-6-34-31(41)37-29-19-23(17-18-35-29)43-27-16-15-26(24-9-7-8-10-25(24)27)36-32(42)38-30-20-28(33(3,4)5)39-40(30)22-13-11-21(2)12-14-22/h7-20H,6H2,1-5H3,(H2,36,38,42)(H2,34,35,37,41). The van der Waals surface area contributed by atoms with Crippen LogP contribution in [0.3, 0.4) is 0 Å². The van der Waals surface area contributed by atoms with E-state index in [1.807, 2.05) is 68.4 Å². The van der Waals surface area contributed by atoms with Gasteiger partial charge in [0.05, 0.1) is 17.1 Å². The molecule has 4 N–H and O–H groups in total. The van der Waals surface area contributed by atoms with Crippen molar-refractivity contribution < 1.29 is 14.3 Å². The van der Waals surface area contributed by atoms with Gasteiger partial charge in [-0.3, -0.25) is 10.6 Å². The molecule has 220 valence electrons. The lowest BCUT2D eigenvalue weighted by Crippen LogP contribution is -2.28. The van der Waals surface area contributed by atoms with Crippen molar-refractivity contribution in [2.75, 3.05) is 22.5 Å². The van der Waals surface area contributed by atoms with E-state index in [4.69, 9.17) is 9.84 Å². The molecule has 0 bridgehead atoms. The van der Waals surface area contributed by atoms with Crippen LogP contribution in [0.4, 0.5) is 26.9 Å². The second-order valence-electron chi connectivity index (χ2n) is 11.1. The second kappa shape index (κ2) is 12.2. The Labute approximate surface area is 250 Å². The van der Waals surface area contributed by atoms with Crippen molar-refractivity contribution in [3.05, 3.63) is 96.3 Å². The SMILES string of the molecule is CCNC(=O)Nc1cc(Oc2ccc(NC(=O)Nc3cc(C(C)(C)C)nn3-c3ccc(C)cc3)c3ccccc23)ccn1. The number of anilines is 3. The van der Waals surface area contributed by atoms with E-state index in [1.54, 1.807) is 35.1 Å². The zero-order chi connectivity index (χ0) is 30.6. The molecule has 0 spiro atoms. The first-order valence-corrected chi connectivity index (χ1v) is 14.1. The number of pyridine rings is 1. The van der Waals surface area contributed by atoms with Gasteiger partial charge < -0.3 is 15.4 Å². The molecule has 10 nitrogen and oxygen atoms in total. The summed E-state index contributed by atoms with van der Waals surface area (Å²) in [6, 6.07) is 23.7. The van der Waals surface area contributed by atoms with E-state index in [0.29, 0.717) is 35.4 Å². The maximum Gasteiger partial charge on any atom is 0.324 e. The molecule has 0 aliphatic carbocycles. The molecule has 2 aromatic heterocycles. The fraction of sp³-hybridized carbons (Fsp3) is 0.212. The summed E-state index contributed by atoms with van der Waals surface area (Å²) < 4.78 is 7.93. The van der Waals surface area contributed by atoms with Gasteiger partial charge >= 0.3 is 12.1 Å². The highest BCUT2D eigenvalue weighted by Crippen LogP contribution is 2.35. The van der Waals surface area contributed by atoms with Gasteiger partial charge in [-0.2, -0.15) is 5.10 Å². The van der Waals surface area contributed by atoms with Crippen molar-refractivity contribution in [3.63, 3.8) is 0 Å². The Morgan fingerprint density at radius 1 is 0.860 bits per heavy atom. The summed E-state index contributed by atoms with van der Waals surface area (Å²) in [7, 11) is 0. The molecular weight excluding hydrogens is 542 g/mol. The number of hydrogen-bond donors (Lipinski definition) is 4. The highest BCUT2D eigenvalue weighted by molar-refractivity contribution is 6.07. The zero-order valence-electron chi connectivity index (χ0n) is 24.9. The van der Waals surface area contributed by atoms with Gasteiger partial charge in [0.15, 0.2) is 0 Å². The van der Waals surface area contributed by atoms with Gasteiger partial charge in [0.2, 0.25) is 0 Å². The lowest BCUT2D eigenvalue weighted by molar-refractivity contribution is 0.252. The molecule has 5 aromatic rings. The van der Waals surface area contributed by atoms with Gasteiger partial charge in [0.1, 0.15) is 23.1 Å². The van der Waals surface area contributed by atoms with E-state index in [1.165, 1.54) is 0 Å². The molecule has 0 saturated heterocycles. The number of hydrogen-bond acceptors (Lipinski definition) is 5. The Morgan fingerprint density at radius 2 is 1.60 bits per heavy atom. The molecule has 5 rings (SSSR count). The minimum absolute atomic E-state index is 0.206. The number of ether oxygens (including phenoxy) is 1. The van der Waals surface area contributed by atoms with E-state index in [-0.39, 0.29) is 11.4 Å². The summed E-state index contributed by atoms with van der Waals surface area (Å²) in [5, 5.41) is 17.7. The molecule has 0 aliphatic rings. The van der Waals surface area contributed by atoms with Gasteiger partial charge in [-0.15, -0.1) is 0 Å². The lowest BCUT2D eigenvalue weighted by atomic mass is 9.92. The fourth-order valence-corrected chi connectivity index (χ4v) is 4.45. The fourth-order valence-electron chi connectivity index (χ4n) is 4.45. The zero-order valence-corrected chi connectivity index (χ0v) is 24.9. The van der Waals surface area contributed by atoms with E-state index in [0.717, 1.165) is 27.7 Å². The van der Waals surface area contributed by atoms with E-state index >= 15 is 0 Å². The predicted molar refractivity (Wildman–Crippen MR) is 171 cm³/mol. The molecule has 0 saturated carbocycles. The van der Waals surface area contributed by atoms with Crippen LogP contribution in [-0.4, -0.2) is 33.4 Å². The summed E-state index contributed by atoms with van der Waals surface area (Å²) in [5.74, 6) is 2.01. The van der Waals surface area contributed by atoms with Crippen molar-refractivity contribution in [2.45, 2.75) is 40.0 Å². The van der Waals surface area contributed by atoms with Crippen LogP contribution in [0.2, 0.25) is 0 Å². The first-order chi connectivity index (χ1) is 20.6. The Morgan fingerprint density at radius 3 is 2.33 bits per heavy atom. The molecule has 10 heteroatoms. The number of amides is 4. The highest BCUT2D eigenvalue weighted by Gasteiger charge is 2.22. The van der Waals surface area contributed by atoms with Gasteiger partial charge in [0, 0.05) is 41.1 Å². The van der Waals surface area contributed by atoms with Crippen molar-refractivity contribution in [1.82, 2.24) is 20.1 Å². The number of nitrogens with zero attached hydrogens (tertiary/aromatic N) is 3. The number of aryl methyl sites for hydroxylation is 1. The van der Waals surface area contributed by atoms with Crippen LogP contribution >= 0.6 is 0 Å². The molecule has 0 aliphatic heterocycles. The summed E-state index contributed by atoms with van der Waals surface area (Å²) >= 11 is 0. The highest BCUT2D eigenvalue weighted by atomic mass is 16.5. The van der Waals surface area contributed by atoms with Crippen molar-refractivity contribution in [2.24, 2.45) is 0 Å². The van der Waals surface area contributed by atoms with Gasteiger partial charge in [-0.25, -0.2) is 19.3 Å². The van der Waals surface area contributed by atoms with Crippen molar-refractivity contribution in [3.8, 4) is 17.2 Å². The molecule has 2 heterocycles. The smallest absolute Gasteiger partial charge is 0.324 e. The molecule has 4 amide bonds. The van der Waals surface area contributed by atoms with E-state index < -0.39 is 6.03 Å². The van der Waals surface area contributed by atoms with Crippen LogP contribution < -0.4 is 26.0 Å². The number of benzene rings is 3. The number of fused-ring (bicyclic) bond motifs is 1. The monoisotopic (exact) mass is 577 g/mol. The molecule has 0 unspecified atom stereocenters. The maximum atomic E-state index is 13.3. The quantitative estimate of drug-likeness (QED) is 0.159. The Bertz CT molecular complexity index is 1770. The summed E-state index contributed by atoms with van der Waals surface area (Å²) in [6.45, 7) is 10.6. The Hall–Kier alpha value is -5.38. The molecular formula is C33H35N7O3. The van der Waals surface area contributed by atoms with Gasteiger partial charge in [-0.05, 0) is 44.2 Å². The summed E-state index contributed by atoms with van der Waals surface area (Å²) in [5.41, 5.74) is 3.26. The van der Waals surface area contributed by atoms with E-state index in [2.05, 4.69) is 47.0 Å². The van der Waals surface area contributed by atoms with Crippen LogP contribution in [0, 0.1) is 6.92 Å². The molecule has 43 heavy (non-hydrogen) atoms. The molecule has 0 radical (unpaired) electrons. The largest absolute Gasteiger partial charge is 0.457 e. The van der Waals surface area contributed by atoms with Crippen LogP contribution in [0.15, 0.2) is 85.1 Å². The minimum Gasteiger partial charge on any atom is -0.457 e. The predicted octanol–water partition coefficient (Wildman–Crippen LogP) is 7.60. The Balaban J connectivity index is 1.38. The second-order valence-corrected chi connectivity index (χ2v) is 11.1. The lowest BCUT2D eigenvalue weighted by Gasteiger charge is -2.15. The number of carbonyl (C=O) groups excluding carboxylic acids is 2. The summed E-state index contributed by atoms with van der Waals surface area (Å²) in [6.07, 6.45) is 1.56. The Kier molecular flexibility index (Phi) is 8.29. The third-order valence-corrected chi connectivity index (χ3v) is 6.67. The molecule has 0 fully saturated rings. The normalized spacial score (nSPS) is 11.2. The average molecular weight is 578 g/mol. The minimum atomic E-state index is -0.400. The first kappa shape index (κ1) is 29.1. The maximum absolute atomic E-state index is 13.3. The van der Waals surface area contributed by atoms with E-state index in [9.17, 15) is 9.59 Å². The van der Waals surface area contributed by atoms with Crippen LogP contribution in [0.5, 0.6) is 11.5 Å². The molecule has 0 atom stereocenters. The number of urea groups is 2. The number of carbonyl (C=O) groups is 2. The van der Waals surface area contributed by atoms with Gasteiger partial charge in [-0.1, -0.05) is 62.7 Å². The first-order valence-electron chi connectivity index (χ1n) is 14.1. The third kappa shape index (κ3) is 6.92. The number of rotatable bonds is 7. The van der Waals surface area contributed by atoms with Crippen molar-refractivity contribution >= 4 is 40.2 Å². The van der Waals surface area contributed by atoms with Crippen LogP contribution in [0.1, 0.15) is 39.0 Å². The van der Waals surface area contributed by atoms with Gasteiger partial charge in [0.25, 0.3) is 0 Å². The van der Waals surface area contributed by atoms with Crippen molar-refractivity contribution in [1.29, 1.82) is 0 Å².